The highest BCUT2D eigenvalue weighted by atomic mass is 16.1. The Kier molecular flexibility index (Phi) is 7.67. The van der Waals surface area contributed by atoms with Gasteiger partial charge in [0.1, 0.15) is 0 Å². The lowest BCUT2D eigenvalue weighted by Gasteiger charge is -2.32. The molecule has 0 spiro atoms. The molecular formula is C33H33N7O. The quantitative estimate of drug-likeness (QED) is 0.281. The molecule has 6 rings (SSSR count). The number of anilines is 1. The minimum absolute atomic E-state index is 0.124. The van der Waals surface area contributed by atoms with Crippen LogP contribution in [0.15, 0.2) is 91.5 Å². The molecular weight excluding hydrogens is 510 g/mol. The van der Waals surface area contributed by atoms with E-state index in [2.05, 4.69) is 49.2 Å². The number of pyridine rings is 1. The van der Waals surface area contributed by atoms with Crippen molar-refractivity contribution in [1.29, 1.82) is 0 Å². The first kappa shape index (κ1) is 26.6. The number of aryl methyl sites for hydroxylation is 1. The number of amides is 1. The molecule has 1 amide bonds. The fraction of sp³-hybridized carbons (Fsp3) is 0.212. The van der Waals surface area contributed by atoms with Gasteiger partial charge in [-0.1, -0.05) is 24.3 Å². The van der Waals surface area contributed by atoms with Crippen molar-refractivity contribution in [2.24, 2.45) is 0 Å². The number of carbonyl (C=O) groups excluding carboxylic acids is 1. The van der Waals surface area contributed by atoms with Gasteiger partial charge in [-0.05, 0) is 73.1 Å². The summed E-state index contributed by atoms with van der Waals surface area (Å²) in [6, 6.07) is 21.5. The minimum atomic E-state index is -0.124. The molecule has 3 aromatic heterocycles. The van der Waals surface area contributed by atoms with Gasteiger partial charge in [-0.3, -0.25) is 14.7 Å². The SMILES string of the molecule is Cc1c[nH]c(-c2ccc(NC(=O)c3ccc(CN4CCN(C)CC4)cc3)cc2)c1-c1nccc(-c2cccnc2)n1. The van der Waals surface area contributed by atoms with E-state index >= 15 is 0 Å². The fourth-order valence-corrected chi connectivity index (χ4v) is 5.14. The number of carbonyl (C=O) groups is 1. The van der Waals surface area contributed by atoms with Crippen molar-refractivity contribution >= 4 is 11.6 Å². The summed E-state index contributed by atoms with van der Waals surface area (Å²) in [5, 5.41) is 3.02. The third-order valence-electron chi connectivity index (χ3n) is 7.56. The minimum Gasteiger partial charge on any atom is -0.360 e. The average Bonchev–Trinajstić information content (AvgIpc) is 3.40. The van der Waals surface area contributed by atoms with Crippen molar-refractivity contribution < 1.29 is 4.79 Å². The zero-order valence-corrected chi connectivity index (χ0v) is 23.3. The van der Waals surface area contributed by atoms with E-state index < -0.39 is 0 Å². The predicted molar refractivity (Wildman–Crippen MR) is 162 cm³/mol. The van der Waals surface area contributed by atoms with Gasteiger partial charge in [0, 0.05) is 79.9 Å². The number of aromatic amines is 1. The van der Waals surface area contributed by atoms with Crippen LogP contribution in [0.3, 0.4) is 0 Å². The van der Waals surface area contributed by atoms with Gasteiger partial charge in [0.15, 0.2) is 5.82 Å². The second-order valence-electron chi connectivity index (χ2n) is 10.5. The number of rotatable bonds is 7. The second kappa shape index (κ2) is 11.8. The van der Waals surface area contributed by atoms with E-state index in [9.17, 15) is 4.79 Å². The van der Waals surface area contributed by atoms with Crippen molar-refractivity contribution in [3.05, 3.63) is 108 Å². The van der Waals surface area contributed by atoms with Crippen molar-refractivity contribution in [2.75, 3.05) is 38.5 Å². The normalized spacial score (nSPS) is 14.2. The lowest BCUT2D eigenvalue weighted by molar-refractivity contribution is 0.102. The van der Waals surface area contributed by atoms with Crippen LogP contribution in [0.1, 0.15) is 21.5 Å². The molecule has 0 bridgehead atoms. The molecule has 1 aliphatic rings. The van der Waals surface area contributed by atoms with Crippen LogP contribution in [-0.4, -0.2) is 68.9 Å². The Labute approximate surface area is 240 Å². The Balaban J connectivity index is 1.14. The van der Waals surface area contributed by atoms with Crippen molar-refractivity contribution in [1.82, 2.24) is 29.7 Å². The van der Waals surface area contributed by atoms with E-state index in [1.807, 2.05) is 67.7 Å². The van der Waals surface area contributed by atoms with Crippen LogP contribution >= 0.6 is 0 Å². The Hall–Kier alpha value is -4.66. The molecule has 8 heteroatoms. The number of hydrogen-bond acceptors (Lipinski definition) is 6. The summed E-state index contributed by atoms with van der Waals surface area (Å²) < 4.78 is 0. The van der Waals surface area contributed by atoms with Crippen LogP contribution < -0.4 is 5.32 Å². The monoisotopic (exact) mass is 543 g/mol. The molecule has 8 nitrogen and oxygen atoms in total. The summed E-state index contributed by atoms with van der Waals surface area (Å²) in [6.45, 7) is 7.29. The zero-order valence-electron chi connectivity index (χ0n) is 23.3. The molecule has 1 saturated heterocycles. The first-order valence-corrected chi connectivity index (χ1v) is 13.9. The molecule has 0 atom stereocenters. The van der Waals surface area contributed by atoms with E-state index in [0.29, 0.717) is 11.4 Å². The smallest absolute Gasteiger partial charge is 0.255 e. The van der Waals surface area contributed by atoms with Crippen LogP contribution in [-0.2, 0) is 6.54 Å². The highest BCUT2D eigenvalue weighted by molar-refractivity contribution is 6.04. The van der Waals surface area contributed by atoms with Crippen molar-refractivity contribution in [3.8, 4) is 33.9 Å². The Bertz CT molecular complexity index is 1620. The highest BCUT2D eigenvalue weighted by Gasteiger charge is 2.17. The Morgan fingerprint density at radius 2 is 1.71 bits per heavy atom. The summed E-state index contributed by atoms with van der Waals surface area (Å²) in [7, 11) is 2.16. The zero-order chi connectivity index (χ0) is 28.2. The van der Waals surface area contributed by atoms with Gasteiger partial charge in [-0.25, -0.2) is 9.97 Å². The van der Waals surface area contributed by atoms with Gasteiger partial charge in [0.05, 0.1) is 11.4 Å². The summed E-state index contributed by atoms with van der Waals surface area (Å²) in [6.07, 6.45) is 7.29. The van der Waals surface area contributed by atoms with Crippen molar-refractivity contribution in [3.63, 3.8) is 0 Å². The highest BCUT2D eigenvalue weighted by Crippen LogP contribution is 2.33. The van der Waals surface area contributed by atoms with E-state index in [0.717, 1.165) is 72.1 Å². The topological polar surface area (TPSA) is 90.0 Å². The molecule has 41 heavy (non-hydrogen) atoms. The fourth-order valence-electron chi connectivity index (χ4n) is 5.14. The summed E-state index contributed by atoms with van der Waals surface area (Å²) in [5.74, 6) is 0.523. The Morgan fingerprint density at radius 1 is 0.927 bits per heavy atom. The van der Waals surface area contributed by atoms with Crippen molar-refractivity contribution in [2.45, 2.75) is 13.5 Å². The maximum Gasteiger partial charge on any atom is 0.255 e. The third kappa shape index (κ3) is 6.09. The van der Waals surface area contributed by atoms with Gasteiger partial charge < -0.3 is 15.2 Å². The van der Waals surface area contributed by atoms with Crippen LogP contribution in [0.2, 0.25) is 0 Å². The number of benzene rings is 2. The molecule has 2 N–H and O–H groups in total. The molecule has 2 aromatic carbocycles. The van der Waals surface area contributed by atoms with Crippen LogP contribution in [0.4, 0.5) is 5.69 Å². The molecule has 0 aliphatic carbocycles. The van der Waals surface area contributed by atoms with Gasteiger partial charge in [0.25, 0.3) is 5.91 Å². The Morgan fingerprint density at radius 3 is 2.44 bits per heavy atom. The van der Waals surface area contributed by atoms with Gasteiger partial charge >= 0.3 is 0 Å². The van der Waals surface area contributed by atoms with Gasteiger partial charge in [-0.15, -0.1) is 0 Å². The number of hydrogen-bond donors (Lipinski definition) is 2. The number of H-pyrrole nitrogens is 1. The van der Waals surface area contributed by atoms with E-state index in [-0.39, 0.29) is 5.91 Å². The number of likely N-dealkylation sites (N-methyl/N-ethyl adjacent to an activating group) is 1. The molecule has 0 saturated carbocycles. The van der Waals surface area contributed by atoms with E-state index in [1.165, 1.54) is 5.56 Å². The first-order chi connectivity index (χ1) is 20.0. The number of aromatic nitrogens is 4. The largest absolute Gasteiger partial charge is 0.360 e. The second-order valence-corrected chi connectivity index (χ2v) is 10.5. The molecule has 1 fully saturated rings. The number of nitrogens with one attached hydrogen (secondary N) is 2. The first-order valence-electron chi connectivity index (χ1n) is 13.9. The van der Waals surface area contributed by atoms with Crippen LogP contribution in [0, 0.1) is 6.92 Å². The molecule has 0 unspecified atom stereocenters. The number of nitrogens with zero attached hydrogens (tertiary/aromatic N) is 5. The predicted octanol–water partition coefficient (Wildman–Crippen LogP) is 5.51. The van der Waals surface area contributed by atoms with E-state index in [4.69, 9.17) is 4.98 Å². The third-order valence-corrected chi connectivity index (χ3v) is 7.56. The lowest BCUT2D eigenvalue weighted by atomic mass is 10.0. The lowest BCUT2D eigenvalue weighted by Crippen LogP contribution is -2.43. The van der Waals surface area contributed by atoms with Crippen LogP contribution in [0.25, 0.3) is 33.9 Å². The molecule has 1 aliphatic heterocycles. The van der Waals surface area contributed by atoms with Gasteiger partial charge in [0.2, 0.25) is 0 Å². The molecule has 4 heterocycles. The average molecular weight is 544 g/mol. The maximum absolute atomic E-state index is 12.9. The van der Waals surface area contributed by atoms with Crippen LogP contribution in [0.5, 0.6) is 0 Å². The molecule has 206 valence electrons. The maximum atomic E-state index is 12.9. The summed E-state index contributed by atoms with van der Waals surface area (Å²) in [5.41, 5.74) is 8.28. The van der Waals surface area contributed by atoms with Gasteiger partial charge in [-0.2, -0.15) is 0 Å². The summed E-state index contributed by atoms with van der Waals surface area (Å²) >= 11 is 0. The summed E-state index contributed by atoms with van der Waals surface area (Å²) in [4.78, 5) is 34.8. The molecule has 5 aromatic rings. The van der Waals surface area contributed by atoms with E-state index in [1.54, 1.807) is 18.6 Å². The standard InChI is InChI=1S/C33H33N7O/c1-23-20-36-31(30(23)32-35-15-13-29(38-32)27-4-3-14-34-21-27)25-9-11-28(12-10-25)37-33(41)26-7-5-24(6-8-26)22-40-18-16-39(2)17-19-40/h3-15,20-21,36H,16-19,22H2,1-2H3,(H,37,41). The number of piperazine rings is 1. The molecule has 0 radical (unpaired) electrons.